The molecule has 0 aliphatic rings. The number of ether oxygens (including phenoxy) is 2. The predicted molar refractivity (Wildman–Crippen MR) is 137 cm³/mol. The van der Waals surface area contributed by atoms with Crippen molar-refractivity contribution in [3.63, 3.8) is 0 Å². The third-order valence-corrected chi connectivity index (χ3v) is 6.54. The summed E-state index contributed by atoms with van der Waals surface area (Å²) in [5, 5.41) is 5.59. The molecular formula is C28H36N2O6. The number of hydrogen-bond donors (Lipinski definition) is 2. The molecule has 0 radical (unpaired) electrons. The minimum Gasteiger partial charge on any atom is -0.467 e. The van der Waals surface area contributed by atoms with Crippen LogP contribution in [0.2, 0.25) is 0 Å². The van der Waals surface area contributed by atoms with Gasteiger partial charge in [0.25, 0.3) is 11.8 Å². The van der Waals surface area contributed by atoms with Crippen molar-refractivity contribution in [2.45, 2.75) is 52.6 Å². The predicted octanol–water partition coefficient (Wildman–Crippen LogP) is 3.99. The molecule has 0 spiro atoms. The first-order chi connectivity index (χ1) is 17.2. The number of carbonyl (C=O) groups is 4. The Morgan fingerprint density at radius 3 is 1.31 bits per heavy atom. The lowest BCUT2D eigenvalue weighted by Gasteiger charge is -2.23. The monoisotopic (exact) mass is 496 g/mol. The van der Waals surface area contributed by atoms with Gasteiger partial charge in [-0.3, -0.25) is 9.59 Å². The van der Waals surface area contributed by atoms with Crippen LogP contribution in [0.4, 0.5) is 0 Å². The summed E-state index contributed by atoms with van der Waals surface area (Å²) in [5.74, 6) is -2.22. The molecule has 4 atom stereocenters. The van der Waals surface area contributed by atoms with E-state index < -0.39 is 35.8 Å². The Morgan fingerprint density at radius 2 is 1.00 bits per heavy atom. The second-order valence-electron chi connectivity index (χ2n) is 8.81. The molecular weight excluding hydrogens is 460 g/mol. The molecule has 0 fully saturated rings. The van der Waals surface area contributed by atoms with Crippen LogP contribution in [0.25, 0.3) is 11.1 Å². The van der Waals surface area contributed by atoms with Gasteiger partial charge in [-0.05, 0) is 35.1 Å². The quantitative estimate of drug-likeness (QED) is 0.455. The molecule has 0 saturated carbocycles. The number of rotatable bonds is 11. The van der Waals surface area contributed by atoms with E-state index in [2.05, 4.69) is 10.6 Å². The summed E-state index contributed by atoms with van der Waals surface area (Å²) in [7, 11) is 2.57. The van der Waals surface area contributed by atoms with Gasteiger partial charge < -0.3 is 20.1 Å². The molecule has 194 valence electrons. The molecule has 2 N–H and O–H groups in total. The first-order valence-corrected chi connectivity index (χ1v) is 12.2. The lowest BCUT2D eigenvalue weighted by Crippen LogP contribution is -2.46. The fourth-order valence-electron chi connectivity index (χ4n) is 3.86. The van der Waals surface area contributed by atoms with Crippen LogP contribution >= 0.6 is 0 Å². The second-order valence-corrected chi connectivity index (χ2v) is 8.81. The molecule has 0 aliphatic heterocycles. The zero-order valence-corrected chi connectivity index (χ0v) is 21.8. The van der Waals surface area contributed by atoms with Gasteiger partial charge in [-0.1, -0.05) is 76.9 Å². The smallest absolute Gasteiger partial charge is 0.328 e. The number of esters is 2. The van der Waals surface area contributed by atoms with E-state index in [-0.39, 0.29) is 11.8 Å². The number of amides is 2. The molecule has 8 nitrogen and oxygen atoms in total. The Hall–Kier alpha value is -3.68. The summed E-state index contributed by atoms with van der Waals surface area (Å²) in [5.41, 5.74) is 1.65. The zero-order chi connectivity index (χ0) is 26.8. The standard InChI is InChI=1S/C28H36N2O6/c1-7-17(3)23(27(33)35-5)29-25(31)21-15-11-9-13-19(21)20-14-10-12-16-22(20)26(32)30-24(18(4)8-2)28(34)36-6/h9-18,23-24H,7-8H2,1-6H3,(H,29,31)(H,30,32)/t17?,18?,23-,24-/m0/s1. The lowest BCUT2D eigenvalue weighted by molar-refractivity contribution is -0.145. The Balaban J connectivity index is 2.46. The maximum Gasteiger partial charge on any atom is 0.328 e. The summed E-state index contributed by atoms with van der Waals surface area (Å²) in [6.45, 7) is 7.58. The third kappa shape index (κ3) is 6.71. The van der Waals surface area contributed by atoms with Gasteiger partial charge in [0.05, 0.1) is 14.2 Å². The van der Waals surface area contributed by atoms with Crippen molar-refractivity contribution in [1.82, 2.24) is 10.6 Å². The Labute approximate surface area is 212 Å². The molecule has 8 heteroatoms. The number of hydrogen-bond acceptors (Lipinski definition) is 6. The maximum absolute atomic E-state index is 13.3. The summed E-state index contributed by atoms with van der Waals surface area (Å²) >= 11 is 0. The fraction of sp³-hybridized carbons (Fsp3) is 0.429. The van der Waals surface area contributed by atoms with Crippen LogP contribution in [0, 0.1) is 11.8 Å². The topological polar surface area (TPSA) is 111 Å². The summed E-state index contributed by atoms with van der Waals surface area (Å²) < 4.78 is 9.77. The van der Waals surface area contributed by atoms with Gasteiger partial charge in [0.15, 0.2) is 0 Å². The van der Waals surface area contributed by atoms with E-state index in [0.29, 0.717) is 35.1 Å². The Bertz CT molecular complexity index is 998. The summed E-state index contributed by atoms with van der Waals surface area (Å²) in [6.07, 6.45) is 1.34. The number of benzene rings is 2. The highest BCUT2D eigenvalue weighted by Crippen LogP contribution is 2.28. The molecule has 0 saturated heterocycles. The van der Waals surface area contributed by atoms with Crippen LogP contribution in [-0.4, -0.2) is 50.1 Å². The van der Waals surface area contributed by atoms with Crippen molar-refractivity contribution in [2.24, 2.45) is 11.8 Å². The van der Waals surface area contributed by atoms with E-state index >= 15 is 0 Å². The van der Waals surface area contributed by atoms with Gasteiger partial charge in [-0.15, -0.1) is 0 Å². The molecule has 2 amide bonds. The van der Waals surface area contributed by atoms with Gasteiger partial charge >= 0.3 is 11.9 Å². The Morgan fingerprint density at radius 1 is 0.667 bits per heavy atom. The molecule has 0 bridgehead atoms. The van der Waals surface area contributed by atoms with E-state index in [1.54, 1.807) is 48.5 Å². The molecule has 0 heterocycles. The van der Waals surface area contributed by atoms with Crippen LogP contribution in [0.15, 0.2) is 48.5 Å². The highest BCUT2D eigenvalue weighted by atomic mass is 16.5. The average molecular weight is 497 g/mol. The van der Waals surface area contributed by atoms with Crippen molar-refractivity contribution in [1.29, 1.82) is 0 Å². The third-order valence-electron chi connectivity index (χ3n) is 6.54. The largest absolute Gasteiger partial charge is 0.467 e. The summed E-state index contributed by atoms with van der Waals surface area (Å²) in [4.78, 5) is 51.3. The minimum absolute atomic E-state index is 0.137. The van der Waals surface area contributed by atoms with Gasteiger partial charge in [0, 0.05) is 11.1 Å². The molecule has 2 rings (SSSR count). The van der Waals surface area contributed by atoms with Crippen LogP contribution in [0.5, 0.6) is 0 Å². The van der Waals surface area contributed by atoms with Crippen LogP contribution in [0.1, 0.15) is 61.3 Å². The van der Waals surface area contributed by atoms with Gasteiger partial charge in [-0.25, -0.2) is 9.59 Å². The van der Waals surface area contributed by atoms with E-state index in [9.17, 15) is 19.2 Å². The number of methoxy groups -OCH3 is 2. The van der Waals surface area contributed by atoms with Gasteiger partial charge in [0.1, 0.15) is 12.1 Å². The Kier molecular flexibility index (Phi) is 10.6. The summed E-state index contributed by atoms with van der Waals surface area (Å²) in [6, 6.07) is 12.1. The maximum atomic E-state index is 13.3. The van der Waals surface area contributed by atoms with E-state index in [0.717, 1.165) is 0 Å². The van der Waals surface area contributed by atoms with Crippen LogP contribution in [0.3, 0.4) is 0 Å². The molecule has 0 aromatic heterocycles. The lowest BCUT2D eigenvalue weighted by atomic mass is 9.93. The van der Waals surface area contributed by atoms with E-state index in [4.69, 9.17) is 9.47 Å². The van der Waals surface area contributed by atoms with E-state index in [1.165, 1.54) is 14.2 Å². The van der Waals surface area contributed by atoms with Crippen molar-refractivity contribution >= 4 is 23.8 Å². The number of nitrogens with one attached hydrogen (secondary N) is 2. The SMILES string of the molecule is CCC(C)[C@H](NC(=O)c1ccccc1-c1ccccc1C(=O)N[C@H](C(=O)OC)C(C)CC)C(=O)OC. The van der Waals surface area contributed by atoms with E-state index in [1.807, 2.05) is 27.7 Å². The highest BCUT2D eigenvalue weighted by molar-refractivity contribution is 6.07. The molecule has 36 heavy (non-hydrogen) atoms. The number of carbonyl (C=O) groups excluding carboxylic acids is 4. The highest BCUT2D eigenvalue weighted by Gasteiger charge is 2.30. The van der Waals surface area contributed by atoms with Crippen molar-refractivity contribution in [3.8, 4) is 11.1 Å². The molecule has 0 aliphatic carbocycles. The first-order valence-electron chi connectivity index (χ1n) is 12.2. The first kappa shape index (κ1) is 28.6. The van der Waals surface area contributed by atoms with Crippen LogP contribution < -0.4 is 10.6 Å². The normalized spacial score (nSPS) is 14.1. The molecule has 2 aromatic rings. The van der Waals surface area contributed by atoms with Gasteiger partial charge in [-0.2, -0.15) is 0 Å². The molecule has 2 aromatic carbocycles. The fourth-order valence-corrected chi connectivity index (χ4v) is 3.86. The average Bonchev–Trinajstić information content (AvgIpc) is 2.92. The minimum atomic E-state index is -0.810. The van der Waals surface area contributed by atoms with Crippen molar-refractivity contribution < 1.29 is 28.7 Å². The van der Waals surface area contributed by atoms with Crippen LogP contribution in [-0.2, 0) is 19.1 Å². The van der Waals surface area contributed by atoms with Gasteiger partial charge in [0.2, 0.25) is 0 Å². The van der Waals surface area contributed by atoms with Crippen molar-refractivity contribution in [2.75, 3.05) is 14.2 Å². The zero-order valence-electron chi connectivity index (χ0n) is 21.8. The molecule has 2 unspecified atom stereocenters. The second kappa shape index (κ2) is 13.4. The van der Waals surface area contributed by atoms with Crippen molar-refractivity contribution in [3.05, 3.63) is 59.7 Å².